The molecule has 0 aromatic carbocycles. The lowest BCUT2D eigenvalue weighted by molar-refractivity contribution is 0.435. The molecule has 0 bridgehead atoms. The Morgan fingerprint density at radius 2 is 1.68 bits per heavy atom. The van der Waals surface area contributed by atoms with Crippen LogP contribution in [-0.4, -0.2) is 22.8 Å². The van der Waals surface area contributed by atoms with Crippen molar-refractivity contribution in [3.05, 3.63) is 11.8 Å². The SMILES string of the molecule is CCCCCCCCc1nnc(CCNC2CC2)o1. The molecular weight excluding hydrogens is 238 g/mol. The van der Waals surface area contributed by atoms with Crippen molar-refractivity contribution in [2.45, 2.75) is 77.2 Å². The summed E-state index contributed by atoms with van der Waals surface area (Å²) in [7, 11) is 0. The van der Waals surface area contributed by atoms with E-state index < -0.39 is 0 Å². The topological polar surface area (TPSA) is 51.0 Å². The smallest absolute Gasteiger partial charge is 0.217 e. The Kier molecular flexibility index (Phi) is 6.34. The van der Waals surface area contributed by atoms with Gasteiger partial charge in [0.1, 0.15) is 0 Å². The fourth-order valence-electron chi connectivity index (χ4n) is 2.22. The van der Waals surface area contributed by atoms with E-state index in [-0.39, 0.29) is 0 Å². The number of nitrogens with zero attached hydrogens (tertiary/aromatic N) is 2. The number of unbranched alkanes of at least 4 members (excludes halogenated alkanes) is 5. The van der Waals surface area contributed by atoms with E-state index in [4.69, 9.17) is 4.42 Å². The van der Waals surface area contributed by atoms with E-state index in [0.717, 1.165) is 37.2 Å². The first kappa shape index (κ1) is 14.5. The maximum Gasteiger partial charge on any atom is 0.217 e. The van der Waals surface area contributed by atoms with Crippen LogP contribution in [0.4, 0.5) is 0 Å². The third kappa shape index (κ3) is 6.19. The molecule has 0 unspecified atom stereocenters. The zero-order chi connectivity index (χ0) is 13.3. The Balaban J connectivity index is 1.52. The minimum atomic E-state index is 0.755. The molecule has 19 heavy (non-hydrogen) atoms. The molecule has 0 amide bonds. The van der Waals surface area contributed by atoms with E-state index in [1.54, 1.807) is 0 Å². The van der Waals surface area contributed by atoms with Gasteiger partial charge in [0.2, 0.25) is 11.8 Å². The van der Waals surface area contributed by atoms with E-state index in [1.807, 2.05) is 0 Å². The highest BCUT2D eigenvalue weighted by molar-refractivity contribution is 4.86. The molecule has 108 valence electrons. The summed E-state index contributed by atoms with van der Waals surface area (Å²) < 4.78 is 5.65. The number of hydrogen-bond donors (Lipinski definition) is 1. The maximum atomic E-state index is 5.65. The van der Waals surface area contributed by atoms with E-state index in [1.165, 1.54) is 51.4 Å². The molecule has 1 heterocycles. The lowest BCUT2D eigenvalue weighted by Crippen LogP contribution is -2.19. The molecule has 0 saturated heterocycles. The number of hydrogen-bond acceptors (Lipinski definition) is 4. The van der Waals surface area contributed by atoms with Crippen molar-refractivity contribution < 1.29 is 4.42 Å². The Bertz CT molecular complexity index is 347. The zero-order valence-corrected chi connectivity index (χ0v) is 12.2. The van der Waals surface area contributed by atoms with Crippen molar-refractivity contribution in [1.82, 2.24) is 15.5 Å². The summed E-state index contributed by atoms with van der Waals surface area (Å²) in [5.41, 5.74) is 0. The third-order valence-corrected chi connectivity index (χ3v) is 3.60. The molecule has 1 aromatic rings. The van der Waals surface area contributed by atoms with E-state index in [2.05, 4.69) is 22.4 Å². The second kappa shape index (κ2) is 8.31. The molecule has 4 heteroatoms. The van der Waals surface area contributed by atoms with Crippen molar-refractivity contribution >= 4 is 0 Å². The Morgan fingerprint density at radius 1 is 1.00 bits per heavy atom. The summed E-state index contributed by atoms with van der Waals surface area (Å²) in [5, 5.41) is 11.7. The molecule has 1 aromatic heterocycles. The highest BCUT2D eigenvalue weighted by Gasteiger charge is 2.20. The van der Waals surface area contributed by atoms with Crippen LogP contribution in [0, 0.1) is 0 Å². The Morgan fingerprint density at radius 3 is 2.42 bits per heavy atom. The largest absolute Gasteiger partial charge is 0.425 e. The van der Waals surface area contributed by atoms with Gasteiger partial charge in [0, 0.05) is 25.4 Å². The summed E-state index contributed by atoms with van der Waals surface area (Å²) in [5.74, 6) is 1.60. The first-order valence-corrected chi connectivity index (χ1v) is 7.93. The van der Waals surface area contributed by atoms with Crippen LogP contribution in [0.5, 0.6) is 0 Å². The van der Waals surface area contributed by atoms with Crippen molar-refractivity contribution in [1.29, 1.82) is 0 Å². The van der Waals surface area contributed by atoms with Gasteiger partial charge in [0.25, 0.3) is 0 Å². The lowest BCUT2D eigenvalue weighted by atomic mass is 10.1. The molecule has 0 aliphatic heterocycles. The lowest BCUT2D eigenvalue weighted by Gasteiger charge is -1.99. The Hall–Kier alpha value is -0.900. The highest BCUT2D eigenvalue weighted by atomic mass is 16.4. The van der Waals surface area contributed by atoms with Crippen molar-refractivity contribution in [2.24, 2.45) is 0 Å². The summed E-state index contributed by atoms with van der Waals surface area (Å²) in [6.45, 7) is 3.21. The van der Waals surface area contributed by atoms with E-state index >= 15 is 0 Å². The summed E-state index contributed by atoms with van der Waals surface area (Å²) >= 11 is 0. The molecule has 4 nitrogen and oxygen atoms in total. The molecule has 1 aliphatic rings. The number of rotatable bonds is 11. The number of aryl methyl sites for hydroxylation is 1. The summed E-state index contributed by atoms with van der Waals surface area (Å²) in [6, 6.07) is 0.755. The van der Waals surface area contributed by atoms with Crippen LogP contribution in [-0.2, 0) is 12.8 Å². The first-order chi connectivity index (χ1) is 9.38. The quantitative estimate of drug-likeness (QED) is 0.624. The average molecular weight is 265 g/mol. The molecular formula is C15H27N3O. The second-order valence-corrected chi connectivity index (χ2v) is 5.59. The minimum Gasteiger partial charge on any atom is -0.425 e. The van der Waals surface area contributed by atoms with Crippen LogP contribution in [0.1, 0.15) is 70.1 Å². The van der Waals surface area contributed by atoms with Crippen molar-refractivity contribution in [2.75, 3.05) is 6.54 Å². The molecule has 1 fully saturated rings. The van der Waals surface area contributed by atoms with Gasteiger partial charge in [0.15, 0.2) is 0 Å². The van der Waals surface area contributed by atoms with Gasteiger partial charge in [-0.2, -0.15) is 0 Å². The first-order valence-electron chi connectivity index (χ1n) is 7.93. The third-order valence-electron chi connectivity index (χ3n) is 3.60. The summed E-state index contributed by atoms with van der Waals surface area (Å²) in [6.07, 6.45) is 12.3. The normalized spacial score (nSPS) is 15.0. The summed E-state index contributed by atoms with van der Waals surface area (Å²) in [4.78, 5) is 0. The standard InChI is InChI=1S/C15H27N3O/c1-2-3-4-5-6-7-8-14-17-18-15(19-14)11-12-16-13-9-10-13/h13,16H,2-12H2,1H3. The Labute approximate surface area is 116 Å². The molecule has 0 spiro atoms. The molecule has 1 aliphatic carbocycles. The molecule has 1 N–H and O–H groups in total. The molecule has 2 rings (SSSR count). The van der Waals surface area contributed by atoms with Gasteiger partial charge in [-0.15, -0.1) is 10.2 Å². The van der Waals surface area contributed by atoms with Crippen LogP contribution >= 0.6 is 0 Å². The molecule has 1 saturated carbocycles. The average Bonchev–Trinajstić information content (AvgIpc) is 3.13. The van der Waals surface area contributed by atoms with Crippen molar-refractivity contribution in [3.8, 4) is 0 Å². The fourth-order valence-corrected chi connectivity index (χ4v) is 2.22. The van der Waals surface area contributed by atoms with Gasteiger partial charge in [0.05, 0.1) is 0 Å². The van der Waals surface area contributed by atoms with Crippen LogP contribution in [0.2, 0.25) is 0 Å². The van der Waals surface area contributed by atoms with E-state index in [0.29, 0.717) is 0 Å². The van der Waals surface area contributed by atoms with Crippen LogP contribution in [0.25, 0.3) is 0 Å². The van der Waals surface area contributed by atoms with Gasteiger partial charge < -0.3 is 9.73 Å². The second-order valence-electron chi connectivity index (χ2n) is 5.59. The number of aromatic nitrogens is 2. The monoisotopic (exact) mass is 265 g/mol. The van der Waals surface area contributed by atoms with Crippen LogP contribution in [0.3, 0.4) is 0 Å². The zero-order valence-electron chi connectivity index (χ0n) is 12.2. The van der Waals surface area contributed by atoms with Gasteiger partial charge in [-0.25, -0.2) is 0 Å². The van der Waals surface area contributed by atoms with Crippen LogP contribution < -0.4 is 5.32 Å². The highest BCUT2D eigenvalue weighted by Crippen LogP contribution is 2.18. The van der Waals surface area contributed by atoms with E-state index in [9.17, 15) is 0 Å². The predicted octanol–water partition coefficient (Wildman–Crippen LogP) is 3.27. The fraction of sp³-hybridized carbons (Fsp3) is 0.867. The van der Waals surface area contributed by atoms with Gasteiger partial charge in [-0.1, -0.05) is 39.0 Å². The minimum absolute atomic E-state index is 0.755. The van der Waals surface area contributed by atoms with Gasteiger partial charge >= 0.3 is 0 Å². The van der Waals surface area contributed by atoms with Crippen molar-refractivity contribution in [3.63, 3.8) is 0 Å². The maximum absolute atomic E-state index is 5.65. The number of nitrogens with one attached hydrogen (secondary N) is 1. The predicted molar refractivity (Wildman–Crippen MR) is 76.1 cm³/mol. The van der Waals surface area contributed by atoms with Crippen LogP contribution in [0.15, 0.2) is 4.42 Å². The van der Waals surface area contributed by atoms with Gasteiger partial charge in [-0.3, -0.25) is 0 Å². The molecule has 0 radical (unpaired) electrons. The molecule has 0 atom stereocenters. The van der Waals surface area contributed by atoms with Gasteiger partial charge in [-0.05, 0) is 19.3 Å².